The summed E-state index contributed by atoms with van der Waals surface area (Å²) in [5.74, 6) is 1.03. The van der Waals surface area contributed by atoms with Gasteiger partial charge in [0.1, 0.15) is 11.9 Å². The Hall–Kier alpha value is -1.64. The van der Waals surface area contributed by atoms with E-state index in [2.05, 4.69) is 20.3 Å². The molecular formula is C14H21ClN6O2. The van der Waals surface area contributed by atoms with E-state index >= 15 is 0 Å². The van der Waals surface area contributed by atoms with Gasteiger partial charge in [0.15, 0.2) is 11.3 Å². The standard InChI is InChI=1S/C14H21ClN6O2/c1-4-9-8(22)5-10(23-9)21-7-16-11-12(15)18-14(19-13(11)21)17-6-20(2)3/h6-10,12,22H,4-5H2,1-3H3,(H,18,19)/b17-6+. The monoisotopic (exact) mass is 340 g/mol. The second-order valence-electron chi connectivity index (χ2n) is 5.85. The van der Waals surface area contributed by atoms with Crippen LogP contribution in [-0.2, 0) is 4.74 Å². The lowest BCUT2D eigenvalue weighted by Crippen LogP contribution is -2.28. The average molecular weight is 341 g/mol. The second-order valence-corrected chi connectivity index (χ2v) is 6.29. The van der Waals surface area contributed by atoms with Crippen LogP contribution in [0.4, 0.5) is 5.82 Å². The number of nitrogens with zero attached hydrogens (tertiary/aromatic N) is 5. The first-order valence-corrected chi connectivity index (χ1v) is 8.03. The van der Waals surface area contributed by atoms with E-state index in [1.54, 1.807) is 12.7 Å². The van der Waals surface area contributed by atoms with E-state index in [0.29, 0.717) is 23.9 Å². The molecule has 3 rings (SSSR count). The molecule has 23 heavy (non-hydrogen) atoms. The molecule has 2 aliphatic rings. The van der Waals surface area contributed by atoms with Gasteiger partial charge in [-0.3, -0.25) is 4.57 Å². The zero-order chi connectivity index (χ0) is 16.6. The zero-order valence-corrected chi connectivity index (χ0v) is 14.1. The molecule has 0 amide bonds. The number of alkyl halides is 1. The van der Waals surface area contributed by atoms with Crippen LogP contribution in [0.25, 0.3) is 0 Å². The van der Waals surface area contributed by atoms with Crippen molar-refractivity contribution in [2.75, 3.05) is 14.1 Å². The molecular weight excluding hydrogens is 320 g/mol. The van der Waals surface area contributed by atoms with Gasteiger partial charge < -0.3 is 20.1 Å². The van der Waals surface area contributed by atoms with Crippen LogP contribution in [0.1, 0.15) is 37.2 Å². The van der Waals surface area contributed by atoms with E-state index in [0.717, 1.165) is 6.42 Å². The van der Waals surface area contributed by atoms with Crippen molar-refractivity contribution in [1.82, 2.24) is 19.8 Å². The van der Waals surface area contributed by atoms with Gasteiger partial charge in [-0.2, -0.15) is 4.99 Å². The highest BCUT2D eigenvalue weighted by atomic mass is 35.5. The van der Waals surface area contributed by atoms with Crippen LogP contribution in [0.2, 0.25) is 0 Å². The van der Waals surface area contributed by atoms with Crippen LogP contribution in [0, 0.1) is 0 Å². The number of fused-ring (bicyclic) bond motifs is 1. The molecule has 1 aromatic rings. The zero-order valence-electron chi connectivity index (χ0n) is 13.3. The minimum absolute atomic E-state index is 0.165. The molecule has 9 heteroatoms. The van der Waals surface area contributed by atoms with Gasteiger partial charge in [0, 0.05) is 20.5 Å². The van der Waals surface area contributed by atoms with Crippen LogP contribution in [0.3, 0.4) is 0 Å². The van der Waals surface area contributed by atoms with Crippen LogP contribution < -0.4 is 5.32 Å². The summed E-state index contributed by atoms with van der Waals surface area (Å²) in [5, 5.41) is 13.0. The van der Waals surface area contributed by atoms with E-state index in [1.807, 2.05) is 30.5 Å². The summed E-state index contributed by atoms with van der Waals surface area (Å²) in [7, 11) is 3.75. The molecule has 3 heterocycles. The minimum Gasteiger partial charge on any atom is -0.390 e. The van der Waals surface area contributed by atoms with Crippen LogP contribution in [-0.4, -0.2) is 58.2 Å². The Morgan fingerprint density at radius 1 is 1.61 bits per heavy atom. The summed E-state index contributed by atoms with van der Waals surface area (Å²) in [6.07, 6.45) is 3.62. The summed E-state index contributed by atoms with van der Waals surface area (Å²) >= 11 is 6.32. The molecule has 0 bridgehead atoms. The minimum atomic E-state index is -0.508. The normalized spacial score (nSPS) is 30.2. The van der Waals surface area contributed by atoms with Crippen molar-refractivity contribution in [3.8, 4) is 0 Å². The number of rotatable bonds is 3. The van der Waals surface area contributed by atoms with E-state index in [-0.39, 0.29) is 12.3 Å². The van der Waals surface area contributed by atoms with E-state index in [1.165, 1.54) is 0 Å². The van der Waals surface area contributed by atoms with Crippen molar-refractivity contribution in [1.29, 1.82) is 0 Å². The quantitative estimate of drug-likeness (QED) is 0.375. The predicted octanol–water partition coefficient (Wildman–Crippen LogP) is 1.36. The molecule has 4 unspecified atom stereocenters. The van der Waals surface area contributed by atoms with Crippen molar-refractivity contribution in [3.05, 3.63) is 12.0 Å². The Labute approximate surface area is 139 Å². The third kappa shape index (κ3) is 3.19. The van der Waals surface area contributed by atoms with Crippen molar-refractivity contribution in [3.63, 3.8) is 0 Å². The summed E-state index contributed by atoms with van der Waals surface area (Å²) in [5.41, 5.74) is 0.125. The van der Waals surface area contributed by atoms with Gasteiger partial charge in [-0.15, -0.1) is 0 Å². The van der Waals surface area contributed by atoms with Gasteiger partial charge in [-0.1, -0.05) is 18.5 Å². The number of guanidine groups is 1. The molecule has 8 nitrogen and oxygen atoms in total. The largest absolute Gasteiger partial charge is 0.390 e. The maximum Gasteiger partial charge on any atom is 0.227 e. The average Bonchev–Trinajstić information content (AvgIpc) is 3.08. The molecule has 1 saturated heterocycles. The highest BCUT2D eigenvalue weighted by Crippen LogP contribution is 2.38. The third-order valence-corrected chi connectivity index (χ3v) is 4.15. The molecule has 0 aromatic carbocycles. The number of aliphatic hydroxyl groups is 1. The molecule has 1 fully saturated rings. The molecule has 2 aliphatic heterocycles. The van der Waals surface area contributed by atoms with Gasteiger partial charge in [0.2, 0.25) is 5.96 Å². The number of ether oxygens (including phenoxy) is 1. The number of aliphatic imine (C=N–C) groups is 2. The first-order valence-electron chi connectivity index (χ1n) is 7.59. The van der Waals surface area contributed by atoms with Crippen molar-refractivity contribution < 1.29 is 9.84 Å². The molecule has 0 aliphatic carbocycles. The molecule has 126 valence electrons. The summed E-state index contributed by atoms with van der Waals surface area (Å²) in [4.78, 5) is 14.9. The number of aliphatic hydroxyl groups excluding tert-OH is 1. The lowest BCUT2D eigenvalue weighted by atomic mass is 10.1. The molecule has 1 aromatic heterocycles. The van der Waals surface area contributed by atoms with Gasteiger partial charge in [-0.25, -0.2) is 9.98 Å². The first-order chi connectivity index (χ1) is 11.0. The van der Waals surface area contributed by atoms with Crippen molar-refractivity contribution >= 4 is 29.7 Å². The lowest BCUT2D eigenvalue weighted by Gasteiger charge is -2.20. The highest BCUT2D eigenvalue weighted by Gasteiger charge is 2.36. The molecule has 0 radical (unpaired) electrons. The summed E-state index contributed by atoms with van der Waals surface area (Å²) in [6, 6.07) is 0. The third-order valence-electron chi connectivity index (χ3n) is 3.83. The lowest BCUT2D eigenvalue weighted by molar-refractivity contribution is -0.0191. The SMILES string of the molecule is CCC1OC(n2cnc3c2N=C(/N=C/N(C)C)NC3Cl)CC1O. The van der Waals surface area contributed by atoms with Crippen molar-refractivity contribution in [2.45, 2.75) is 43.7 Å². The summed E-state index contributed by atoms with van der Waals surface area (Å²) in [6.45, 7) is 1.99. The van der Waals surface area contributed by atoms with Crippen molar-refractivity contribution in [2.24, 2.45) is 9.98 Å². The Morgan fingerprint density at radius 2 is 2.39 bits per heavy atom. The molecule has 4 atom stereocenters. The molecule has 0 saturated carbocycles. The maximum atomic E-state index is 10.0. The predicted molar refractivity (Wildman–Crippen MR) is 88.1 cm³/mol. The fourth-order valence-electron chi connectivity index (χ4n) is 2.68. The van der Waals surface area contributed by atoms with Crippen LogP contribution >= 0.6 is 11.6 Å². The second kappa shape index (κ2) is 6.46. The van der Waals surface area contributed by atoms with E-state index in [4.69, 9.17) is 16.3 Å². The van der Waals surface area contributed by atoms with E-state index < -0.39 is 11.6 Å². The number of hydrogen-bond donors (Lipinski definition) is 2. The van der Waals surface area contributed by atoms with Gasteiger partial charge in [0.05, 0.1) is 24.9 Å². The van der Waals surface area contributed by atoms with E-state index in [9.17, 15) is 5.11 Å². The number of hydrogen-bond acceptors (Lipinski definition) is 6. The first kappa shape index (κ1) is 16.2. The fraction of sp³-hybridized carbons (Fsp3) is 0.643. The Morgan fingerprint density at radius 3 is 3.04 bits per heavy atom. The number of aromatic nitrogens is 2. The maximum absolute atomic E-state index is 10.0. The fourth-order valence-corrected chi connectivity index (χ4v) is 2.93. The Bertz CT molecular complexity index is 629. The summed E-state index contributed by atoms with van der Waals surface area (Å²) < 4.78 is 7.71. The number of imidazole rings is 1. The molecule has 0 spiro atoms. The Kier molecular flexibility index (Phi) is 4.56. The van der Waals surface area contributed by atoms with Crippen LogP contribution in [0.15, 0.2) is 16.3 Å². The van der Waals surface area contributed by atoms with Gasteiger partial charge in [0.25, 0.3) is 0 Å². The topological polar surface area (TPSA) is 87.3 Å². The van der Waals surface area contributed by atoms with Gasteiger partial charge in [-0.05, 0) is 6.42 Å². The smallest absolute Gasteiger partial charge is 0.227 e. The molecule has 2 N–H and O–H groups in total. The van der Waals surface area contributed by atoms with Crippen LogP contribution in [0.5, 0.6) is 0 Å². The van der Waals surface area contributed by atoms with Gasteiger partial charge >= 0.3 is 0 Å². The number of halogens is 1. The highest BCUT2D eigenvalue weighted by molar-refractivity contribution is 6.22. The number of nitrogens with one attached hydrogen (secondary N) is 1. The Balaban J connectivity index is 1.89.